The quantitative estimate of drug-likeness (QED) is 0.430. The van der Waals surface area contributed by atoms with E-state index in [0.717, 1.165) is 31.7 Å². The van der Waals surface area contributed by atoms with Gasteiger partial charge in [0.05, 0.1) is 35.9 Å². The Labute approximate surface area is 275 Å². The first kappa shape index (κ1) is 31.5. The minimum absolute atomic E-state index is 0.0122. The largest absolute Gasteiger partial charge is 0.358 e. The summed E-state index contributed by atoms with van der Waals surface area (Å²) in [7, 11) is 0. The first-order valence-electron chi connectivity index (χ1n) is 17.4. The summed E-state index contributed by atoms with van der Waals surface area (Å²) in [4.78, 5) is 45.9. The normalized spacial score (nSPS) is 24.5. The number of carbonyl (C=O) groups excluding carboxylic acids is 3. The molecular weight excluding hydrogens is 596 g/mol. The lowest BCUT2D eigenvalue weighted by atomic mass is 9.82. The van der Waals surface area contributed by atoms with Gasteiger partial charge < -0.3 is 20.1 Å². The zero-order valence-corrected chi connectivity index (χ0v) is 27.3. The molecule has 3 aliphatic heterocycles. The zero-order chi connectivity index (χ0) is 32.4. The third-order valence-corrected chi connectivity index (χ3v) is 10.9. The molecule has 1 saturated carbocycles. The smallest absolute Gasteiger partial charge is 0.257 e. The van der Waals surface area contributed by atoms with Crippen molar-refractivity contribution in [3.63, 3.8) is 0 Å². The first-order chi connectivity index (χ1) is 22.9. The molecule has 2 atom stereocenters. The van der Waals surface area contributed by atoms with Crippen LogP contribution in [0.4, 0.5) is 0 Å². The van der Waals surface area contributed by atoms with Crippen molar-refractivity contribution in [1.82, 2.24) is 40.6 Å². The van der Waals surface area contributed by atoms with E-state index in [1.54, 1.807) is 11.8 Å². The summed E-state index contributed by atoms with van der Waals surface area (Å²) in [5, 5.41) is 19.3. The molecule has 1 spiro atoms. The zero-order valence-electron chi connectivity index (χ0n) is 27.3. The second-order valence-corrected chi connectivity index (χ2v) is 14.1. The fraction of sp³-hybridized carbons (Fsp3) is 0.600. The molecule has 2 aromatic heterocycles. The van der Waals surface area contributed by atoms with Crippen LogP contribution < -0.4 is 10.6 Å². The van der Waals surface area contributed by atoms with Gasteiger partial charge >= 0.3 is 0 Å². The van der Waals surface area contributed by atoms with Crippen molar-refractivity contribution >= 4 is 17.7 Å². The highest BCUT2D eigenvalue weighted by atomic mass is 16.5. The third-order valence-electron chi connectivity index (χ3n) is 10.9. The second-order valence-electron chi connectivity index (χ2n) is 14.1. The number of likely N-dealkylation sites (tertiary alicyclic amines) is 1. The van der Waals surface area contributed by atoms with Crippen LogP contribution >= 0.6 is 0 Å². The Hall–Kier alpha value is -4.06. The Morgan fingerprint density at radius 1 is 1.00 bits per heavy atom. The fourth-order valence-corrected chi connectivity index (χ4v) is 8.14. The molecule has 3 fully saturated rings. The average molecular weight is 643 g/mol. The lowest BCUT2D eigenvalue weighted by molar-refractivity contribution is -0.145. The molecule has 3 amide bonds. The maximum atomic E-state index is 14.2. The van der Waals surface area contributed by atoms with Crippen molar-refractivity contribution < 1.29 is 18.9 Å². The standard InChI is InChI=1S/C35H46N8O4/c1-24-32-30(47-39-24)21-36-33(45)29-19-28(43-23-27(38-40-43)18-25-8-4-2-5-9-25)12-15-42(29)31(44)20-35(37-34(32)46)13-16-41(17-14-35)22-26-10-6-3-7-11-26/h3,6-7,10-11,23,25,28-29H,2,4-5,8-9,12-22H2,1H3,(H,36,45)(H,37,46)/t28-,29+/m1/s1. The van der Waals surface area contributed by atoms with Crippen molar-refractivity contribution in [2.45, 2.75) is 108 Å². The molecular formula is C35H46N8O4. The second kappa shape index (κ2) is 13.6. The topological polar surface area (TPSA) is 138 Å². The van der Waals surface area contributed by atoms with Crippen LogP contribution in [0.5, 0.6) is 0 Å². The molecule has 0 bridgehead atoms. The van der Waals surface area contributed by atoms with Gasteiger partial charge in [0.2, 0.25) is 11.8 Å². The van der Waals surface area contributed by atoms with Crippen LogP contribution in [0.15, 0.2) is 41.1 Å². The van der Waals surface area contributed by atoms with Crippen LogP contribution in [-0.4, -0.2) is 78.9 Å². The van der Waals surface area contributed by atoms with Gasteiger partial charge in [-0.3, -0.25) is 19.3 Å². The van der Waals surface area contributed by atoms with E-state index in [1.165, 1.54) is 37.7 Å². The number of amides is 3. The third kappa shape index (κ3) is 6.97. The SMILES string of the molecule is Cc1noc2c1C(=O)NC1(CCN(Cc3ccccc3)CC1)CC(=O)N1CC[C@@H](n3cc(CC4CCCCC4)nn3)C[C@H]1C(=O)NC2. The molecule has 4 aliphatic rings. The van der Waals surface area contributed by atoms with Crippen molar-refractivity contribution in [3.8, 4) is 0 Å². The molecule has 5 heterocycles. The monoisotopic (exact) mass is 642 g/mol. The van der Waals surface area contributed by atoms with E-state index in [2.05, 4.69) is 43.1 Å². The van der Waals surface area contributed by atoms with E-state index >= 15 is 0 Å². The van der Waals surface area contributed by atoms with E-state index in [9.17, 15) is 14.4 Å². The summed E-state index contributed by atoms with van der Waals surface area (Å²) < 4.78 is 7.45. The van der Waals surface area contributed by atoms with Crippen molar-refractivity contribution in [3.05, 3.63) is 64.8 Å². The highest BCUT2D eigenvalue weighted by Crippen LogP contribution is 2.34. The van der Waals surface area contributed by atoms with Gasteiger partial charge in [-0.1, -0.05) is 72.8 Å². The van der Waals surface area contributed by atoms with Gasteiger partial charge in [0.15, 0.2) is 5.76 Å². The number of rotatable bonds is 5. The summed E-state index contributed by atoms with van der Waals surface area (Å²) in [5.41, 5.74) is 2.27. The van der Waals surface area contributed by atoms with Crippen LogP contribution in [0.1, 0.15) is 103 Å². The fourth-order valence-electron chi connectivity index (χ4n) is 8.14. The molecule has 2 N–H and O–H groups in total. The van der Waals surface area contributed by atoms with Crippen LogP contribution in [0.2, 0.25) is 0 Å². The molecule has 0 radical (unpaired) electrons. The molecule has 0 unspecified atom stereocenters. The number of aryl methyl sites for hydroxylation is 1. The number of nitrogens with zero attached hydrogens (tertiary/aromatic N) is 6. The van der Waals surface area contributed by atoms with Crippen molar-refractivity contribution in [1.29, 1.82) is 0 Å². The summed E-state index contributed by atoms with van der Waals surface area (Å²) in [6, 6.07) is 9.61. The van der Waals surface area contributed by atoms with Gasteiger partial charge in [-0.15, -0.1) is 5.10 Å². The number of hydrogen-bond acceptors (Lipinski definition) is 8. The number of nitrogens with one attached hydrogen (secondary N) is 2. The summed E-state index contributed by atoms with van der Waals surface area (Å²) in [6.45, 7) is 4.45. The summed E-state index contributed by atoms with van der Waals surface area (Å²) in [5.74, 6) is 0.286. The molecule has 250 valence electrons. The highest BCUT2D eigenvalue weighted by molar-refractivity contribution is 5.97. The predicted octanol–water partition coefficient (Wildman–Crippen LogP) is 3.71. The van der Waals surface area contributed by atoms with Crippen LogP contribution in [-0.2, 0) is 29.1 Å². The molecule has 3 aromatic rings. The van der Waals surface area contributed by atoms with E-state index in [-0.39, 0.29) is 36.7 Å². The van der Waals surface area contributed by atoms with Gasteiger partial charge in [-0.05, 0) is 50.5 Å². The Morgan fingerprint density at radius 3 is 2.57 bits per heavy atom. The predicted molar refractivity (Wildman–Crippen MR) is 173 cm³/mol. The number of aromatic nitrogens is 4. The maximum Gasteiger partial charge on any atom is 0.257 e. The number of benzene rings is 1. The van der Waals surface area contributed by atoms with E-state index < -0.39 is 11.6 Å². The molecule has 47 heavy (non-hydrogen) atoms. The van der Waals surface area contributed by atoms with Gasteiger partial charge in [-0.25, -0.2) is 4.68 Å². The lowest BCUT2D eigenvalue weighted by Crippen LogP contribution is -2.60. The molecule has 2 saturated heterocycles. The maximum absolute atomic E-state index is 14.2. The van der Waals surface area contributed by atoms with Gasteiger partial charge in [0, 0.05) is 32.4 Å². The number of carbonyl (C=O) groups is 3. The minimum atomic E-state index is -0.751. The Bertz CT molecular complexity index is 1570. The number of fused-ring (bicyclic) bond motifs is 2. The van der Waals surface area contributed by atoms with Crippen LogP contribution in [0, 0.1) is 12.8 Å². The van der Waals surface area contributed by atoms with Crippen LogP contribution in [0.25, 0.3) is 0 Å². The van der Waals surface area contributed by atoms with Gasteiger partial charge in [0.25, 0.3) is 5.91 Å². The van der Waals surface area contributed by atoms with Gasteiger partial charge in [0.1, 0.15) is 11.6 Å². The summed E-state index contributed by atoms with van der Waals surface area (Å²) in [6.07, 6.45) is 11.8. The van der Waals surface area contributed by atoms with E-state index in [1.807, 2.05) is 29.1 Å². The molecule has 7 rings (SSSR count). The van der Waals surface area contributed by atoms with E-state index in [0.29, 0.717) is 55.2 Å². The number of hydrogen-bond donors (Lipinski definition) is 2. The average Bonchev–Trinajstić information content (AvgIpc) is 3.71. The Morgan fingerprint density at radius 2 is 1.79 bits per heavy atom. The molecule has 1 aromatic carbocycles. The Balaban J connectivity index is 1.11. The summed E-state index contributed by atoms with van der Waals surface area (Å²) >= 11 is 0. The van der Waals surface area contributed by atoms with Crippen LogP contribution in [0.3, 0.4) is 0 Å². The Kier molecular flexibility index (Phi) is 9.11. The highest BCUT2D eigenvalue weighted by Gasteiger charge is 2.44. The molecule has 1 aliphatic carbocycles. The van der Waals surface area contributed by atoms with Crippen molar-refractivity contribution in [2.24, 2.45) is 5.92 Å². The van der Waals surface area contributed by atoms with Crippen molar-refractivity contribution in [2.75, 3.05) is 19.6 Å². The molecule has 12 heteroatoms. The minimum Gasteiger partial charge on any atom is -0.358 e. The number of piperidine rings is 2. The van der Waals surface area contributed by atoms with E-state index in [4.69, 9.17) is 4.52 Å². The lowest BCUT2D eigenvalue weighted by Gasteiger charge is -2.45. The molecule has 12 nitrogen and oxygen atoms in total. The first-order valence-corrected chi connectivity index (χ1v) is 17.4. The van der Waals surface area contributed by atoms with Gasteiger partial charge in [-0.2, -0.15) is 0 Å².